The van der Waals surface area contributed by atoms with Gasteiger partial charge in [0.05, 0.1) is 5.56 Å². The molecule has 3 rings (SSSR count). The third-order valence-corrected chi connectivity index (χ3v) is 6.24. The highest BCUT2D eigenvalue weighted by molar-refractivity contribution is 7.17. The molecule has 2 amide bonds. The van der Waals surface area contributed by atoms with Crippen LogP contribution < -0.4 is 11.1 Å². The number of hydrogen-bond acceptors (Lipinski definition) is 3. The molecule has 2 aromatic rings. The number of hydrogen-bond donors (Lipinski definition) is 2. The summed E-state index contributed by atoms with van der Waals surface area (Å²) in [6.07, 6.45) is 2.67. The van der Waals surface area contributed by atoms with E-state index in [9.17, 15) is 14.0 Å². The van der Waals surface area contributed by atoms with Crippen molar-refractivity contribution in [3.63, 3.8) is 0 Å². The van der Waals surface area contributed by atoms with Crippen LogP contribution in [-0.2, 0) is 12.8 Å². The van der Waals surface area contributed by atoms with Crippen LogP contribution in [0.3, 0.4) is 0 Å². The summed E-state index contributed by atoms with van der Waals surface area (Å²) in [6.45, 7) is 6.67. The first kappa shape index (κ1) is 18.6. The number of halogens is 1. The lowest BCUT2D eigenvalue weighted by atomic mass is 9.72. The van der Waals surface area contributed by atoms with Crippen molar-refractivity contribution in [3.8, 4) is 0 Å². The van der Waals surface area contributed by atoms with Crippen molar-refractivity contribution in [2.45, 2.75) is 40.0 Å². The molecule has 1 aliphatic carbocycles. The number of rotatable bonds is 3. The fraction of sp³-hybridized carbons (Fsp3) is 0.400. The van der Waals surface area contributed by atoms with Crippen molar-refractivity contribution in [2.24, 2.45) is 17.1 Å². The van der Waals surface area contributed by atoms with E-state index in [4.69, 9.17) is 5.73 Å². The maximum Gasteiger partial charge on any atom is 0.256 e. The Morgan fingerprint density at radius 3 is 2.46 bits per heavy atom. The van der Waals surface area contributed by atoms with E-state index in [0.29, 0.717) is 22.0 Å². The summed E-state index contributed by atoms with van der Waals surface area (Å²) in [4.78, 5) is 25.6. The number of carbonyl (C=O) groups is 2. The summed E-state index contributed by atoms with van der Waals surface area (Å²) in [7, 11) is 0. The summed E-state index contributed by atoms with van der Waals surface area (Å²) in [5.74, 6) is -0.779. The maximum atomic E-state index is 13.0. The lowest BCUT2D eigenvalue weighted by molar-refractivity contribution is 0.1000. The molecule has 4 nitrogen and oxygen atoms in total. The molecule has 0 aliphatic heterocycles. The molecule has 1 aliphatic rings. The smallest absolute Gasteiger partial charge is 0.256 e. The molecule has 1 aromatic carbocycles. The van der Waals surface area contributed by atoms with E-state index < -0.39 is 11.7 Å². The number of carbonyl (C=O) groups excluding carboxylic acids is 2. The van der Waals surface area contributed by atoms with Crippen LogP contribution in [0, 0.1) is 17.2 Å². The van der Waals surface area contributed by atoms with Crippen molar-refractivity contribution >= 4 is 28.2 Å². The van der Waals surface area contributed by atoms with Crippen molar-refractivity contribution in [1.82, 2.24) is 0 Å². The number of fused-ring (bicyclic) bond motifs is 1. The van der Waals surface area contributed by atoms with E-state index >= 15 is 0 Å². The molecule has 0 radical (unpaired) electrons. The fourth-order valence-corrected chi connectivity index (χ4v) is 4.78. The topological polar surface area (TPSA) is 72.2 Å². The molecule has 0 fully saturated rings. The zero-order valence-corrected chi connectivity index (χ0v) is 16.0. The van der Waals surface area contributed by atoms with Crippen LogP contribution in [0.1, 0.15) is 58.3 Å². The Morgan fingerprint density at radius 2 is 1.88 bits per heavy atom. The van der Waals surface area contributed by atoms with E-state index in [0.717, 1.165) is 29.7 Å². The lowest BCUT2D eigenvalue weighted by Gasteiger charge is -2.33. The largest absolute Gasteiger partial charge is 0.365 e. The summed E-state index contributed by atoms with van der Waals surface area (Å²) in [5.41, 5.74) is 7.52. The van der Waals surface area contributed by atoms with Gasteiger partial charge in [0.2, 0.25) is 0 Å². The summed E-state index contributed by atoms with van der Waals surface area (Å²) in [6, 6.07) is 5.30. The Bertz CT molecular complexity index is 850. The monoisotopic (exact) mass is 374 g/mol. The van der Waals surface area contributed by atoms with E-state index in [2.05, 4.69) is 26.1 Å². The SMILES string of the molecule is CC(C)(C)[C@@H]1CCc2c(sc(NC(=O)c3ccc(F)cc3)c2C(N)=O)C1. The van der Waals surface area contributed by atoms with Crippen LogP contribution in [0.15, 0.2) is 24.3 Å². The number of primary amides is 1. The van der Waals surface area contributed by atoms with Crippen LogP contribution in [-0.4, -0.2) is 11.8 Å². The Balaban J connectivity index is 1.91. The average Bonchev–Trinajstić information content (AvgIpc) is 2.91. The molecule has 138 valence electrons. The standard InChI is InChI=1S/C20H23FN2O2S/c1-20(2,3)12-6-9-14-15(10-12)26-19(16(14)17(22)24)23-18(25)11-4-7-13(21)8-5-11/h4-5,7-8,12H,6,9-10H2,1-3H3,(H2,22,24)(H,23,25)/t12-/m1/s1. The summed E-state index contributed by atoms with van der Waals surface area (Å²) >= 11 is 1.43. The third-order valence-electron chi connectivity index (χ3n) is 5.07. The first-order valence-corrected chi connectivity index (χ1v) is 9.49. The minimum absolute atomic E-state index is 0.187. The van der Waals surface area contributed by atoms with Gasteiger partial charge in [-0.25, -0.2) is 4.39 Å². The van der Waals surface area contributed by atoms with E-state index in [1.165, 1.54) is 35.6 Å². The molecule has 0 saturated heterocycles. The Labute approximate surface area is 156 Å². The average molecular weight is 374 g/mol. The van der Waals surface area contributed by atoms with Crippen LogP contribution in [0.5, 0.6) is 0 Å². The number of benzene rings is 1. The number of anilines is 1. The minimum atomic E-state index is -0.522. The van der Waals surface area contributed by atoms with Crippen LogP contribution in [0.25, 0.3) is 0 Å². The van der Waals surface area contributed by atoms with E-state index in [1.807, 2.05) is 0 Å². The first-order chi connectivity index (χ1) is 12.2. The molecule has 0 unspecified atom stereocenters. The second-order valence-corrected chi connectivity index (χ2v) is 8.94. The van der Waals surface area contributed by atoms with Gasteiger partial charge in [0.15, 0.2) is 0 Å². The van der Waals surface area contributed by atoms with Gasteiger partial charge in [-0.05, 0) is 60.4 Å². The normalized spacial score (nSPS) is 16.8. The Morgan fingerprint density at radius 1 is 1.23 bits per heavy atom. The second kappa shape index (κ2) is 6.83. The summed E-state index contributed by atoms with van der Waals surface area (Å²) in [5, 5.41) is 3.29. The first-order valence-electron chi connectivity index (χ1n) is 8.68. The molecule has 0 saturated carbocycles. The van der Waals surface area contributed by atoms with Gasteiger partial charge in [-0.1, -0.05) is 20.8 Å². The van der Waals surface area contributed by atoms with Gasteiger partial charge < -0.3 is 11.1 Å². The predicted octanol–water partition coefficient (Wildman–Crippen LogP) is 4.39. The minimum Gasteiger partial charge on any atom is -0.365 e. The van der Waals surface area contributed by atoms with Crippen LogP contribution in [0.4, 0.5) is 9.39 Å². The molecular formula is C20H23FN2O2S. The van der Waals surface area contributed by atoms with Crippen LogP contribution in [0.2, 0.25) is 0 Å². The van der Waals surface area contributed by atoms with Gasteiger partial charge in [-0.3, -0.25) is 9.59 Å². The highest BCUT2D eigenvalue weighted by atomic mass is 32.1. The van der Waals surface area contributed by atoms with Gasteiger partial charge in [-0.15, -0.1) is 11.3 Å². The van der Waals surface area contributed by atoms with E-state index in [1.54, 1.807) is 0 Å². The molecule has 0 bridgehead atoms. The molecule has 1 atom stereocenters. The summed E-state index contributed by atoms with van der Waals surface area (Å²) < 4.78 is 13.0. The maximum absolute atomic E-state index is 13.0. The van der Waals surface area contributed by atoms with Gasteiger partial charge in [-0.2, -0.15) is 0 Å². The quantitative estimate of drug-likeness (QED) is 0.836. The predicted molar refractivity (Wildman–Crippen MR) is 102 cm³/mol. The fourth-order valence-electron chi connectivity index (χ4n) is 3.45. The van der Waals surface area contributed by atoms with Crippen molar-refractivity contribution in [2.75, 3.05) is 5.32 Å². The third kappa shape index (κ3) is 3.65. The van der Waals surface area contributed by atoms with Crippen molar-refractivity contribution in [3.05, 3.63) is 51.7 Å². The number of nitrogens with two attached hydrogens (primary N) is 1. The van der Waals surface area contributed by atoms with Gasteiger partial charge in [0.1, 0.15) is 10.8 Å². The lowest BCUT2D eigenvalue weighted by Crippen LogP contribution is -2.27. The molecular weight excluding hydrogens is 351 g/mol. The molecule has 1 aromatic heterocycles. The zero-order chi connectivity index (χ0) is 19.1. The number of amides is 2. The molecule has 26 heavy (non-hydrogen) atoms. The number of nitrogens with one attached hydrogen (secondary N) is 1. The molecule has 0 spiro atoms. The molecule has 3 N–H and O–H groups in total. The van der Waals surface area contributed by atoms with E-state index in [-0.39, 0.29) is 11.3 Å². The zero-order valence-electron chi connectivity index (χ0n) is 15.2. The molecule has 6 heteroatoms. The second-order valence-electron chi connectivity index (χ2n) is 7.84. The van der Waals surface area contributed by atoms with Gasteiger partial charge in [0.25, 0.3) is 11.8 Å². The van der Waals surface area contributed by atoms with Gasteiger partial charge >= 0.3 is 0 Å². The Kier molecular flexibility index (Phi) is 4.88. The Hall–Kier alpha value is -2.21. The molecule has 1 heterocycles. The highest BCUT2D eigenvalue weighted by Gasteiger charge is 2.33. The van der Waals surface area contributed by atoms with Crippen molar-refractivity contribution < 1.29 is 14.0 Å². The van der Waals surface area contributed by atoms with Crippen LogP contribution >= 0.6 is 11.3 Å². The van der Waals surface area contributed by atoms with Gasteiger partial charge in [0, 0.05) is 10.4 Å². The highest BCUT2D eigenvalue weighted by Crippen LogP contribution is 2.44. The number of thiophene rings is 1. The van der Waals surface area contributed by atoms with Crippen molar-refractivity contribution in [1.29, 1.82) is 0 Å².